The number of nitrogens with zero attached hydrogens (tertiary/aromatic N) is 2. The van der Waals surface area contributed by atoms with Gasteiger partial charge in [-0.2, -0.15) is 0 Å². The maximum absolute atomic E-state index is 12.5. The Morgan fingerprint density at radius 1 is 0.795 bits per heavy atom. The summed E-state index contributed by atoms with van der Waals surface area (Å²) in [5.41, 5.74) is 4.55. The van der Waals surface area contributed by atoms with Crippen LogP contribution >= 0.6 is 0 Å². The van der Waals surface area contributed by atoms with Gasteiger partial charge < -0.3 is 14.8 Å². The van der Waals surface area contributed by atoms with E-state index in [1.165, 1.54) is 6.08 Å². The molecule has 0 atom stereocenters. The first-order valence-electron chi connectivity index (χ1n) is 12.6. The second kappa shape index (κ2) is 12.3. The topological polar surface area (TPSA) is 73.3 Å². The molecule has 1 N–H and O–H groups in total. The van der Waals surface area contributed by atoms with E-state index in [1.54, 1.807) is 18.2 Å². The summed E-state index contributed by atoms with van der Waals surface area (Å²) >= 11 is 0. The molecule has 0 aliphatic rings. The standard InChI is InChI=1S/C33H27N3O3/c1-24-34-31(27-11-6-3-7-12-27)22-32(35-24)36-28-13-8-14-30(21-28)39-33(37)20-17-25-15-18-29(19-16-25)38-23-26-9-4-2-5-10-26/h2-22H,23H2,1H3,(H,34,35,36). The smallest absolute Gasteiger partial charge is 0.336 e. The minimum atomic E-state index is -0.471. The quantitative estimate of drug-likeness (QED) is 0.126. The van der Waals surface area contributed by atoms with Crippen molar-refractivity contribution in [3.05, 3.63) is 138 Å². The van der Waals surface area contributed by atoms with Gasteiger partial charge in [-0.15, -0.1) is 0 Å². The molecule has 0 radical (unpaired) electrons. The molecule has 0 aliphatic carbocycles. The number of ether oxygens (including phenoxy) is 2. The molecule has 0 amide bonds. The zero-order valence-corrected chi connectivity index (χ0v) is 21.5. The first-order chi connectivity index (χ1) is 19.1. The molecule has 1 heterocycles. The van der Waals surface area contributed by atoms with Crippen LogP contribution in [0.4, 0.5) is 11.5 Å². The molecule has 6 nitrogen and oxygen atoms in total. The lowest BCUT2D eigenvalue weighted by atomic mass is 10.1. The van der Waals surface area contributed by atoms with Gasteiger partial charge in [-0.25, -0.2) is 14.8 Å². The molecular weight excluding hydrogens is 486 g/mol. The number of rotatable bonds is 9. The number of benzene rings is 4. The predicted molar refractivity (Wildman–Crippen MR) is 154 cm³/mol. The van der Waals surface area contributed by atoms with Crippen molar-refractivity contribution >= 4 is 23.6 Å². The molecule has 1 aromatic heterocycles. The van der Waals surface area contributed by atoms with E-state index >= 15 is 0 Å². The van der Waals surface area contributed by atoms with Crippen LogP contribution in [0.25, 0.3) is 17.3 Å². The van der Waals surface area contributed by atoms with Crippen LogP contribution in [0.15, 0.2) is 121 Å². The molecule has 0 saturated carbocycles. The van der Waals surface area contributed by atoms with Gasteiger partial charge >= 0.3 is 5.97 Å². The van der Waals surface area contributed by atoms with E-state index in [2.05, 4.69) is 15.3 Å². The number of anilines is 2. The Balaban J connectivity index is 1.18. The normalized spacial score (nSPS) is 10.8. The van der Waals surface area contributed by atoms with Crippen LogP contribution < -0.4 is 14.8 Å². The van der Waals surface area contributed by atoms with Gasteiger partial charge in [-0.1, -0.05) is 78.9 Å². The molecule has 0 fully saturated rings. The summed E-state index contributed by atoms with van der Waals surface area (Å²) in [5.74, 6) is 2.02. The number of aryl methyl sites for hydroxylation is 1. The van der Waals surface area contributed by atoms with Crippen molar-refractivity contribution in [1.29, 1.82) is 0 Å². The number of hydrogen-bond acceptors (Lipinski definition) is 6. The van der Waals surface area contributed by atoms with Crippen LogP contribution in [0.2, 0.25) is 0 Å². The number of hydrogen-bond donors (Lipinski definition) is 1. The van der Waals surface area contributed by atoms with Crippen molar-refractivity contribution in [2.24, 2.45) is 0 Å². The lowest BCUT2D eigenvalue weighted by Crippen LogP contribution is -2.04. The van der Waals surface area contributed by atoms with Crippen LogP contribution in [-0.2, 0) is 11.4 Å². The number of nitrogens with one attached hydrogen (secondary N) is 1. The summed E-state index contributed by atoms with van der Waals surface area (Å²) in [6.07, 6.45) is 3.11. The van der Waals surface area contributed by atoms with E-state index in [0.717, 1.165) is 33.8 Å². The third-order valence-electron chi connectivity index (χ3n) is 5.77. The molecule has 5 aromatic rings. The second-order valence-electron chi connectivity index (χ2n) is 8.80. The van der Waals surface area contributed by atoms with E-state index < -0.39 is 5.97 Å². The molecule has 6 heteroatoms. The van der Waals surface area contributed by atoms with Gasteiger partial charge in [0.05, 0.1) is 5.69 Å². The second-order valence-corrected chi connectivity index (χ2v) is 8.80. The monoisotopic (exact) mass is 513 g/mol. The summed E-state index contributed by atoms with van der Waals surface area (Å²) in [5, 5.41) is 3.28. The highest BCUT2D eigenvalue weighted by molar-refractivity contribution is 5.88. The van der Waals surface area contributed by atoms with Crippen LogP contribution in [0.1, 0.15) is 17.0 Å². The van der Waals surface area contributed by atoms with Crippen molar-refractivity contribution < 1.29 is 14.3 Å². The van der Waals surface area contributed by atoms with E-state index in [4.69, 9.17) is 9.47 Å². The van der Waals surface area contributed by atoms with Gasteiger partial charge in [-0.3, -0.25) is 0 Å². The lowest BCUT2D eigenvalue weighted by molar-refractivity contribution is -0.128. The number of aromatic nitrogens is 2. The maximum atomic E-state index is 12.5. The van der Waals surface area contributed by atoms with E-state index in [-0.39, 0.29) is 0 Å². The Hall–Kier alpha value is -5.23. The minimum Gasteiger partial charge on any atom is -0.489 e. The molecule has 4 aromatic carbocycles. The van der Waals surface area contributed by atoms with Crippen LogP contribution in [-0.4, -0.2) is 15.9 Å². The first kappa shape index (κ1) is 25.4. The fraction of sp³-hybridized carbons (Fsp3) is 0.0606. The molecular formula is C33H27N3O3. The highest BCUT2D eigenvalue weighted by Gasteiger charge is 2.07. The van der Waals surface area contributed by atoms with Gasteiger partial charge in [0, 0.05) is 29.5 Å². The Morgan fingerprint density at radius 3 is 2.31 bits per heavy atom. The molecule has 192 valence electrons. The molecule has 5 rings (SSSR count). The number of esters is 1. The zero-order valence-electron chi connectivity index (χ0n) is 21.5. The summed E-state index contributed by atoms with van der Waals surface area (Å²) in [6.45, 7) is 2.36. The molecule has 39 heavy (non-hydrogen) atoms. The molecule has 0 spiro atoms. The number of carbonyl (C=O) groups is 1. The minimum absolute atomic E-state index is 0.424. The van der Waals surface area contributed by atoms with Crippen molar-refractivity contribution in [3.8, 4) is 22.8 Å². The van der Waals surface area contributed by atoms with Gasteiger partial charge in [0.1, 0.15) is 29.7 Å². The van der Waals surface area contributed by atoms with Crippen LogP contribution in [0.3, 0.4) is 0 Å². The average molecular weight is 514 g/mol. The average Bonchev–Trinajstić information content (AvgIpc) is 2.96. The zero-order chi connectivity index (χ0) is 26.9. The van der Waals surface area contributed by atoms with E-state index in [1.807, 2.05) is 110 Å². The first-order valence-corrected chi connectivity index (χ1v) is 12.6. The summed E-state index contributed by atoms with van der Waals surface area (Å²) in [7, 11) is 0. The van der Waals surface area contributed by atoms with Gasteiger partial charge in [0.15, 0.2) is 0 Å². The van der Waals surface area contributed by atoms with Crippen molar-refractivity contribution in [2.45, 2.75) is 13.5 Å². The van der Waals surface area contributed by atoms with Crippen LogP contribution in [0, 0.1) is 6.92 Å². The fourth-order valence-corrected chi connectivity index (χ4v) is 3.90. The van der Waals surface area contributed by atoms with Crippen LogP contribution in [0.5, 0.6) is 11.5 Å². The van der Waals surface area contributed by atoms with Gasteiger partial charge in [0.2, 0.25) is 0 Å². The molecule has 0 unspecified atom stereocenters. The van der Waals surface area contributed by atoms with Crippen molar-refractivity contribution in [1.82, 2.24) is 9.97 Å². The highest BCUT2D eigenvalue weighted by atomic mass is 16.5. The number of carbonyl (C=O) groups excluding carboxylic acids is 1. The summed E-state index contributed by atoms with van der Waals surface area (Å²) < 4.78 is 11.3. The van der Waals surface area contributed by atoms with E-state index in [9.17, 15) is 4.79 Å². The molecule has 0 saturated heterocycles. The third kappa shape index (κ3) is 7.40. The van der Waals surface area contributed by atoms with Gasteiger partial charge in [0.25, 0.3) is 0 Å². The summed E-state index contributed by atoms with van der Waals surface area (Å²) in [6, 6.07) is 36.5. The molecule has 0 aliphatic heterocycles. The Kier molecular flexibility index (Phi) is 8.04. The summed E-state index contributed by atoms with van der Waals surface area (Å²) in [4.78, 5) is 21.5. The van der Waals surface area contributed by atoms with Crippen molar-refractivity contribution in [2.75, 3.05) is 5.32 Å². The highest BCUT2D eigenvalue weighted by Crippen LogP contribution is 2.24. The predicted octanol–water partition coefficient (Wildman–Crippen LogP) is 7.39. The molecule has 0 bridgehead atoms. The third-order valence-corrected chi connectivity index (χ3v) is 5.77. The van der Waals surface area contributed by atoms with E-state index in [0.29, 0.717) is 24.0 Å². The lowest BCUT2D eigenvalue weighted by Gasteiger charge is -2.10. The largest absolute Gasteiger partial charge is 0.489 e. The SMILES string of the molecule is Cc1nc(Nc2cccc(OC(=O)C=Cc3ccc(OCc4ccccc4)cc3)c2)cc(-c2ccccc2)n1. The van der Waals surface area contributed by atoms with Gasteiger partial charge in [-0.05, 0) is 48.4 Å². The maximum Gasteiger partial charge on any atom is 0.336 e. The fourth-order valence-electron chi connectivity index (χ4n) is 3.90. The Bertz CT molecular complexity index is 1570. The Labute approximate surface area is 227 Å². The Morgan fingerprint density at radius 2 is 1.54 bits per heavy atom. The van der Waals surface area contributed by atoms with Crippen molar-refractivity contribution in [3.63, 3.8) is 0 Å².